The van der Waals surface area contributed by atoms with Crippen molar-refractivity contribution >= 4 is 67.5 Å². The lowest BCUT2D eigenvalue weighted by atomic mass is 10.2. The highest BCUT2D eigenvalue weighted by Gasteiger charge is 2.24. The molecule has 0 aliphatic carbocycles. The number of amidine groups is 1. The third-order valence-electron chi connectivity index (χ3n) is 3.96. The van der Waals surface area contributed by atoms with E-state index in [2.05, 4.69) is 10.3 Å². The van der Waals surface area contributed by atoms with Crippen LogP contribution in [-0.4, -0.2) is 32.5 Å². The Hall–Kier alpha value is -2.38. The smallest absolute Gasteiger partial charge is 0.339 e. The van der Waals surface area contributed by atoms with Gasteiger partial charge in [0.1, 0.15) is 4.90 Å². The molecule has 1 N–H and O–H groups in total. The fraction of sp³-hybridized carbons (Fsp3) is 0.150. The molecular weight excluding hydrogens is 555 g/mol. The minimum atomic E-state index is -4.06. The molecule has 0 radical (unpaired) electrons. The van der Waals surface area contributed by atoms with Crippen molar-refractivity contribution in [2.24, 2.45) is 4.99 Å². The van der Waals surface area contributed by atoms with Crippen LogP contribution in [0.15, 0.2) is 51.2 Å². The van der Waals surface area contributed by atoms with Crippen LogP contribution in [0.5, 0.6) is 11.5 Å². The molecule has 1 aliphatic rings. The monoisotopic (exact) mass is 572 g/mol. The van der Waals surface area contributed by atoms with Crippen LogP contribution in [0, 0.1) is 10.5 Å². The first-order chi connectivity index (χ1) is 14.6. The van der Waals surface area contributed by atoms with Gasteiger partial charge in [0.05, 0.1) is 15.6 Å². The largest absolute Gasteiger partial charge is 0.493 e. The number of methoxy groups -OCH3 is 1. The number of hydrogen-bond acceptors (Lipinski definition) is 7. The van der Waals surface area contributed by atoms with Gasteiger partial charge in [-0.3, -0.25) is 9.59 Å². The number of carbonyl (C=O) groups excluding carboxylic acids is 2. The van der Waals surface area contributed by atoms with Crippen LogP contribution in [0.3, 0.4) is 0 Å². The van der Waals surface area contributed by atoms with Crippen molar-refractivity contribution in [2.45, 2.75) is 18.7 Å². The zero-order chi connectivity index (χ0) is 22.8. The summed E-state index contributed by atoms with van der Waals surface area (Å²) >= 11 is 2.97. The molecule has 0 saturated carbocycles. The highest BCUT2D eigenvalue weighted by Crippen LogP contribution is 2.37. The molecule has 31 heavy (non-hydrogen) atoms. The third kappa shape index (κ3) is 5.66. The van der Waals surface area contributed by atoms with E-state index >= 15 is 0 Å². The average Bonchev–Trinajstić information content (AvgIpc) is 3.02. The van der Waals surface area contributed by atoms with Gasteiger partial charge in [0.15, 0.2) is 16.7 Å². The topological polar surface area (TPSA) is 111 Å². The summed E-state index contributed by atoms with van der Waals surface area (Å²) in [5.41, 5.74) is 1.50. The molecule has 3 rings (SSSR count). The minimum Gasteiger partial charge on any atom is -0.493 e. The van der Waals surface area contributed by atoms with Gasteiger partial charge in [0.2, 0.25) is 5.91 Å². The van der Waals surface area contributed by atoms with E-state index in [1.807, 2.05) is 29.5 Å². The normalized spacial score (nSPS) is 15.0. The molecule has 0 bridgehead atoms. The first kappa shape index (κ1) is 23.3. The highest BCUT2D eigenvalue weighted by molar-refractivity contribution is 14.1. The van der Waals surface area contributed by atoms with Crippen molar-refractivity contribution in [2.75, 3.05) is 7.11 Å². The van der Waals surface area contributed by atoms with Gasteiger partial charge in [-0.05, 0) is 77.2 Å². The second-order valence-corrected chi connectivity index (χ2v) is 10.1. The fourth-order valence-electron chi connectivity index (χ4n) is 2.53. The van der Waals surface area contributed by atoms with E-state index in [0.717, 1.165) is 17.3 Å². The lowest BCUT2D eigenvalue weighted by Crippen LogP contribution is -2.23. The van der Waals surface area contributed by atoms with Crippen molar-refractivity contribution in [1.29, 1.82) is 0 Å². The molecule has 0 saturated heterocycles. The molecule has 11 heteroatoms. The zero-order valence-corrected chi connectivity index (χ0v) is 20.4. The van der Waals surface area contributed by atoms with E-state index in [1.54, 1.807) is 30.3 Å². The van der Waals surface area contributed by atoms with E-state index in [1.165, 1.54) is 26.2 Å². The Bertz CT molecular complexity index is 1220. The molecule has 2 aromatic carbocycles. The van der Waals surface area contributed by atoms with Gasteiger partial charge in [-0.1, -0.05) is 17.7 Å². The summed E-state index contributed by atoms with van der Waals surface area (Å²) in [6.07, 6.45) is 1.58. The molecule has 0 fully saturated rings. The van der Waals surface area contributed by atoms with Gasteiger partial charge in [-0.2, -0.15) is 13.4 Å². The first-order valence-corrected chi connectivity index (χ1v) is 12.1. The van der Waals surface area contributed by atoms with Crippen molar-refractivity contribution in [3.05, 3.63) is 56.0 Å². The average molecular weight is 572 g/mol. The maximum absolute atomic E-state index is 12.7. The Morgan fingerprint density at radius 3 is 2.52 bits per heavy atom. The molecule has 8 nitrogen and oxygen atoms in total. The van der Waals surface area contributed by atoms with E-state index in [4.69, 9.17) is 8.92 Å². The Morgan fingerprint density at radius 2 is 1.90 bits per heavy atom. The van der Waals surface area contributed by atoms with Gasteiger partial charge in [0, 0.05) is 6.92 Å². The number of rotatable bonds is 5. The number of ether oxygens (including phenoxy) is 1. The maximum atomic E-state index is 12.7. The summed E-state index contributed by atoms with van der Waals surface area (Å²) in [6.45, 7) is 3.18. The summed E-state index contributed by atoms with van der Waals surface area (Å²) in [4.78, 5) is 27.3. The van der Waals surface area contributed by atoms with Crippen LogP contribution in [0.25, 0.3) is 6.08 Å². The molecule has 162 valence electrons. The Balaban J connectivity index is 1.90. The van der Waals surface area contributed by atoms with Crippen molar-refractivity contribution in [3.8, 4) is 11.5 Å². The van der Waals surface area contributed by atoms with Crippen LogP contribution in [-0.2, 0) is 19.7 Å². The Kier molecular flexibility index (Phi) is 7.06. The van der Waals surface area contributed by atoms with Gasteiger partial charge in [-0.25, -0.2) is 0 Å². The van der Waals surface area contributed by atoms with E-state index < -0.39 is 16.0 Å². The number of aryl methyl sites for hydroxylation is 1. The summed E-state index contributed by atoms with van der Waals surface area (Å²) < 4.78 is 36.5. The van der Waals surface area contributed by atoms with E-state index in [0.29, 0.717) is 14.0 Å². The molecule has 0 aromatic heterocycles. The second kappa shape index (κ2) is 9.40. The SMILES string of the molecule is COc1cc(C=C2SC(NC(C)=O)=NC2=O)cc(I)c1OS(=O)(=O)c1ccc(C)cc1. The van der Waals surface area contributed by atoms with E-state index in [-0.39, 0.29) is 27.5 Å². The van der Waals surface area contributed by atoms with Crippen molar-refractivity contribution in [3.63, 3.8) is 0 Å². The molecule has 0 atom stereocenters. The number of aliphatic imine (C=N–C) groups is 1. The number of halogens is 1. The van der Waals surface area contributed by atoms with Crippen molar-refractivity contribution in [1.82, 2.24) is 5.32 Å². The number of benzene rings is 2. The van der Waals surface area contributed by atoms with Crippen LogP contribution >= 0.6 is 34.4 Å². The minimum absolute atomic E-state index is 0.0257. The lowest BCUT2D eigenvalue weighted by Gasteiger charge is -2.13. The number of carbonyl (C=O) groups is 2. The summed E-state index contributed by atoms with van der Waals surface area (Å²) in [5.74, 6) is -0.572. The molecule has 2 amide bonds. The predicted molar refractivity (Wildman–Crippen MR) is 127 cm³/mol. The van der Waals surface area contributed by atoms with E-state index in [9.17, 15) is 18.0 Å². The molecule has 0 spiro atoms. The highest BCUT2D eigenvalue weighted by atomic mass is 127. The van der Waals surface area contributed by atoms with Crippen LogP contribution in [0.2, 0.25) is 0 Å². The molecular formula is C20H17IN2O6S2. The number of amides is 2. The van der Waals surface area contributed by atoms with Gasteiger partial charge in [0.25, 0.3) is 5.91 Å². The van der Waals surface area contributed by atoms with Gasteiger partial charge in [-0.15, -0.1) is 0 Å². The molecule has 0 unspecified atom stereocenters. The fourth-order valence-corrected chi connectivity index (χ4v) is 5.23. The Morgan fingerprint density at radius 1 is 1.23 bits per heavy atom. The number of nitrogens with one attached hydrogen (secondary N) is 1. The van der Waals surface area contributed by atoms with Gasteiger partial charge >= 0.3 is 10.1 Å². The first-order valence-electron chi connectivity index (χ1n) is 8.78. The van der Waals surface area contributed by atoms with Crippen molar-refractivity contribution < 1.29 is 26.9 Å². The lowest BCUT2D eigenvalue weighted by molar-refractivity contribution is -0.117. The second-order valence-electron chi connectivity index (χ2n) is 6.40. The maximum Gasteiger partial charge on any atom is 0.339 e. The van der Waals surface area contributed by atoms with Gasteiger partial charge < -0.3 is 14.2 Å². The Labute approximate surface area is 197 Å². The summed E-state index contributed by atoms with van der Waals surface area (Å²) in [7, 11) is -2.67. The molecule has 2 aromatic rings. The number of hydrogen-bond donors (Lipinski definition) is 1. The summed E-state index contributed by atoms with van der Waals surface area (Å²) in [5, 5.41) is 2.68. The molecule has 1 aliphatic heterocycles. The third-order valence-corrected chi connectivity index (χ3v) is 6.89. The summed E-state index contributed by atoms with van der Waals surface area (Å²) in [6, 6.07) is 9.51. The zero-order valence-electron chi connectivity index (χ0n) is 16.6. The quantitative estimate of drug-likeness (QED) is 0.332. The standard InChI is InChI=1S/C20H17IN2O6S2/c1-11-4-6-14(7-5-11)31(26,27)29-18-15(21)8-13(9-16(18)28-3)10-17-19(25)23-20(30-17)22-12(2)24/h4-10H,1-3H3,(H,22,23,24,25). The molecule has 1 heterocycles. The van der Waals surface area contributed by atoms with Crippen LogP contribution in [0.1, 0.15) is 18.1 Å². The predicted octanol–water partition coefficient (Wildman–Crippen LogP) is 3.48. The van der Waals surface area contributed by atoms with Crippen LogP contribution < -0.4 is 14.2 Å². The van der Waals surface area contributed by atoms with Crippen LogP contribution in [0.4, 0.5) is 0 Å². The number of nitrogens with zero attached hydrogens (tertiary/aromatic N) is 1. The number of thioether (sulfide) groups is 1.